The van der Waals surface area contributed by atoms with Crippen LogP contribution in [0.15, 0.2) is 23.3 Å². The lowest BCUT2D eigenvalue weighted by Gasteiger charge is -2.22. The van der Waals surface area contributed by atoms with E-state index in [9.17, 15) is 22.8 Å². The molecule has 2 aliphatic rings. The molecule has 0 saturated heterocycles. The zero-order valence-corrected chi connectivity index (χ0v) is 12.8. The number of halogens is 3. The van der Waals surface area contributed by atoms with Gasteiger partial charge in [-0.15, -0.1) is 0 Å². The van der Waals surface area contributed by atoms with Crippen LogP contribution in [0.25, 0.3) is 0 Å². The van der Waals surface area contributed by atoms with Crippen molar-refractivity contribution in [1.82, 2.24) is 4.98 Å². The number of alkyl halides is 3. The van der Waals surface area contributed by atoms with Gasteiger partial charge in [-0.05, 0) is 51.2 Å². The van der Waals surface area contributed by atoms with Crippen LogP contribution >= 0.6 is 0 Å². The van der Waals surface area contributed by atoms with Gasteiger partial charge in [-0.2, -0.15) is 13.2 Å². The summed E-state index contributed by atoms with van der Waals surface area (Å²) < 4.78 is 38.0. The molecule has 2 bridgehead atoms. The van der Waals surface area contributed by atoms with Gasteiger partial charge in [0.05, 0.1) is 5.57 Å². The van der Waals surface area contributed by atoms with Gasteiger partial charge in [-0.1, -0.05) is 5.57 Å². The summed E-state index contributed by atoms with van der Waals surface area (Å²) >= 11 is 0. The van der Waals surface area contributed by atoms with Gasteiger partial charge >= 0.3 is 6.18 Å². The standard InChI is InChI=1S/C17H16F3NO2/c1-8-10-3-4-11(7-10)15(22)14(8)16(23)12-5-6-13(17(18,19)20)21-9(12)2/h5-6,10-11H,3-4,7H2,1-2H3. The monoisotopic (exact) mass is 323 g/mol. The number of carbonyl (C=O) groups excluding carboxylic acids is 2. The zero-order valence-electron chi connectivity index (χ0n) is 12.8. The van der Waals surface area contributed by atoms with Crippen molar-refractivity contribution in [2.24, 2.45) is 11.8 Å². The van der Waals surface area contributed by atoms with Crippen molar-refractivity contribution in [3.8, 4) is 0 Å². The Bertz CT molecular complexity index is 734. The van der Waals surface area contributed by atoms with Crippen LogP contribution in [0.3, 0.4) is 0 Å². The Labute approximate surface area is 131 Å². The number of aryl methyl sites for hydroxylation is 1. The molecule has 1 saturated carbocycles. The van der Waals surface area contributed by atoms with E-state index in [1.807, 2.05) is 0 Å². The van der Waals surface area contributed by atoms with Gasteiger partial charge in [-0.25, -0.2) is 4.98 Å². The number of aromatic nitrogens is 1. The van der Waals surface area contributed by atoms with Crippen LogP contribution in [0.4, 0.5) is 13.2 Å². The van der Waals surface area contributed by atoms with Crippen molar-refractivity contribution in [2.45, 2.75) is 39.3 Å². The summed E-state index contributed by atoms with van der Waals surface area (Å²) in [5, 5.41) is 0. The van der Waals surface area contributed by atoms with E-state index in [0.717, 1.165) is 37.0 Å². The number of fused-ring (bicyclic) bond motifs is 2. The number of carbonyl (C=O) groups is 2. The number of hydrogen-bond donors (Lipinski definition) is 0. The fraction of sp³-hybridized carbons (Fsp3) is 0.471. The third kappa shape index (κ3) is 2.60. The topological polar surface area (TPSA) is 47.0 Å². The minimum absolute atomic E-state index is 0.00385. The SMILES string of the molecule is CC1=C(C(=O)c2ccc(C(F)(F)F)nc2C)C(=O)C2CCC1C2. The first-order valence-electron chi connectivity index (χ1n) is 7.54. The third-order valence-corrected chi connectivity index (χ3v) is 4.90. The Morgan fingerprint density at radius 1 is 1.17 bits per heavy atom. The first kappa shape index (κ1) is 15.9. The van der Waals surface area contributed by atoms with Crippen molar-refractivity contribution in [2.75, 3.05) is 0 Å². The van der Waals surface area contributed by atoms with Crippen molar-refractivity contribution < 1.29 is 22.8 Å². The highest BCUT2D eigenvalue weighted by Crippen LogP contribution is 2.44. The van der Waals surface area contributed by atoms with Gasteiger partial charge in [0.25, 0.3) is 0 Å². The molecular formula is C17H16F3NO2. The third-order valence-electron chi connectivity index (χ3n) is 4.90. The molecule has 23 heavy (non-hydrogen) atoms. The second kappa shape index (κ2) is 5.28. The first-order chi connectivity index (χ1) is 10.7. The van der Waals surface area contributed by atoms with E-state index in [1.165, 1.54) is 6.92 Å². The van der Waals surface area contributed by atoms with E-state index >= 15 is 0 Å². The van der Waals surface area contributed by atoms with E-state index in [0.29, 0.717) is 0 Å². The molecule has 0 aliphatic heterocycles. The molecule has 1 heterocycles. The summed E-state index contributed by atoms with van der Waals surface area (Å²) in [5.41, 5.74) is -0.0356. The number of hydrogen-bond acceptors (Lipinski definition) is 3. The molecule has 1 aromatic rings. The maximum Gasteiger partial charge on any atom is 0.433 e. The quantitative estimate of drug-likeness (QED) is 0.612. The number of pyridine rings is 1. The molecule has 0 aromatic carbocycles. The van der Waals surface area contributed by atoms with Crippen molar-refractivity contribution in [1.29, 1.82) is 0 Å². The lowest BCUT2D eigenvalue weighted by atomic mass is 9.79. The molecule has 2 unspecified atom stereocenters. The predicted molar refractivity (Wildman–Crippen MR) is 76.8 cm³/mol. The number of Topliss-reactive ketones (excluding diaryl/α,β-unsaturated/α-hetero) is 2. The molecule has 6 heteroatoms. The Morgan fingerprint density at radius 2 is 1.83 bits per heavy atom. The zero-order chi connectivity index (χ0) is 16.9. The number of nitrogens with zero attached hydrogens (tertiary/aromatic N) is 1. The average Bonchev–Trinajstić information content (AvgIpc) is 2.91. The Morgan fingerprint density at radius 3 is 2.43 bits per heavy atom. The summed E-state index contributed by atoms with van der Waals surface area (Å²) in [6, 6.07) is 1.91. The molecule has 0 N–H and O–H groups in total. The maximum absolute atomic E-state index is 12.7. The van der Waals surface area contributed by atoms with Crippen LogP contribution in [-0.4, -0.2) is 16.6 Å². The molecule has 0 amide bonds. The van der Waals surface area contributed by atoms with Gasteiger partial charge < -0.3 is 0 Å². The van der Waals surface area contributed by atoms with Crippen LogP contribution in [-0.2, 0) is 11.0 Å². The fourth-order valence-electron chi connectivity index (χ4n) is 3.60. The van der Waals surface area contributed by atoms with Gasteiger partial charge in [-0.3, -0.25) is 9.59 Å². The smallest absolute Gasteiger partial charge is 0.294 e. The predicted octanol–water partition coefficient (Wildman–Crippen LogP) is 3.91. The van der Waals surface area contributed by atoms with E-state index in [1.54, 1.807) is 6.92 Å². The van der Waals surface area contributed by atoms with Crippen LogP contribution in [0.5, 0.6) is 0 Å². The Balaban J connectivity index is 2.01. The van der Waals surface area contributed by atoms with Crippen LogP contribution in [0.2, 0.25) is 0 Å². The molecular weight excluding hydrogens is 307 g/mol. The summed E-state index contributed by atoms with van der Waals surface area (Å²) in [7, 11) is 0. The largest absolute Gasteiger partial charge is 0.433 e. The summed E-state index contributed by atoms with van der Waals surface area (Å²) in [4.78, 5) is 28.7. The van der Waals surface area contributed by atoms with E-state index in [-0.39, 0.29) is 34.4 Å². The summed E-state index contributed by atoms with van der Waals surface area (Å²) in [6.45, 7) is 3.14. The van der Waals surface area contributed by atoms with E-state index in [4.69, 9.17) is 0 Å². The molecule has 0 radical (unpaired) electrons. The average molecular weight is 323 g/mol. The maximum atomic E-state index is 12.7. The van der Waals surface area contributed by atoms with E-state index < -0.39 is 17.7 Å². The molecule has 2 aliphatic carbocycles. The lowest BCUT2D eigenvalue weighted by molar-refractivity contribution is -0.141. The van der Waals surface area contributed by atoms with Crippen LogP contribution in [0.1, 0.15) is 47.9 Å². The van der Waals surface area contributed by atoms with E-state index in [2.05, 4.69) is 4.98 Å². The number of rotatable bonds is 2. The molecule has 1 aromatic heterocycles. The van der Waals surface area contributed by atoms with Crippen molar-refractivity contribution >= 4 is 11.6 Å². The van der Waals surface area contributed by atoms with Gasteiger partial charge in [0.2, 0.25) is 0 Å². The normalized spacial score (nSPS) is 24.3. The van der Waals surface area contributed by atoms with Crippen molar-refractivity contribution in [3.05, 3.63) is 40.2 Å². The van der Waals surface area contributed by atoms with Gasteiger partial charge in [0, 0.05) is 17.2 Å². The van der Waals surface area contributed by atoms with Gasteiger partial charge in [0.1, 0.15) is 5.69 Å². The van der Waals surface area contributed by atoms with Crippen LogP contribution in [0, 0.1) is 18.8 Å². The molecule has 2 atom stereocenters. The first-order valence-corrected chi connectivity index (χ1v) is 7.54. The summed E-state index contributed by atoms with van der Waals surface area (Å²) in [6.07, 6.45) is -2.10. The van der Waals surface area contributed by atoms with Crippen LogP contribution < -0.4 is 0 Å². The second-order valence-corrected chi connectivity index (χ2v) is 6.29. The molecule has 3 rings (SSSR count). The molecule has 122 valence electrons. The minimum atomic E-state index is -4.55. The highest BCUT2D eigenvalue weighted by Gasteiger charge is 2.42. The van der Waals surface area contributed by atoms with Crippen molar-refractivity contribution in [3.63, 3.8) is 0 Å². The highest BCUT2D eigenvalue weighted by atomic mass is 19.4. The Kier molecular flexibility index (Phi) is 3.65. The minimum Gasteiger partial charge on any atom is -0.294 e. The second-order valence-electron chi connectivity index (χ2n) is 6.29. The lowest BCUT2D eigenvalue weighted by Crippen LogP contribution is -2.27. The molecule has 1 fully saturated rings. The molecule has 0 spiro atoms. The summed E-state index contributed by atoms with van der Waals surface area (Å²) in [5.74, 6) is -0.548. The fourth-order valence-corrected chi connectivity index (χ4v) is 3.60. The molecule has 3 nitrogen and oxygen atoms in total. The Hall–Kier alpha value is -1.98. The highest BCUT2D eigenvalue weighted by molar-refractivity contribution is 6.28. The van der Waals surface area contributed by atoms with Gasteiger partial charge in [0.15, 0.2) is 11.6 Å². The number of ketones is 2. The number of allylic oxidation sites excluding steroid dienone is 2.